The number of hydrogen-bond acceptors (Lipinski definition) is 5. The molecule has 1 aliphatic heterocycles. The van der Waals surface area contributed by atoms with Gasteiger partial charge in [0.2, 0.25) is 5.91 Å². The number of benzene rings is 1. The summed E-state index contributed by atoms with van der Waals surface area (Å²) < 4.78 is 0.349. The average molecular weight is 354 g/mol. The van der Waals surface area contributed by atoms with E-state index in [1.165, 1.54) is 12.1 Å². The summed E-state index contributed by atoms with van der Waals surface area (Å²) in [6.07, 6.45) is 0.738. The molecule has 2 fully saturated rings. The Morgan fingerprint density at radius 2 is 1.95 bits per heavy atom. The number of anilines is 1. The summed E-state index contributed by atoms with van der Waals surface area (Å²) in [5.74, 6) is -1.24. The van der Waals surface area contributed by atoms with Crippen LogP contribution in [0.3, 0.4) is 0 Å². The maximum Gasteiger partial charge on any atom is 0.335 e. The number of rotatable bonds is 2. The average Bonchev–Trinajstić information content (AvgIpc) is 3.20. The smallest absolute Gasteiger partial charge is 0.276 e. The highest BCUT2D eigenvalue weighted by molar-refractivity contribution is 9.10. The van der Waals surface area contributed by atoms with Crippen molar-refractivity contribution in [1.29, 1.82) is 0 Å². The predicted octanol–water partition coefficient (Wildman–Crippen LogP) is 1.72. The van der Waals surface area contributed by atoms with Crippen LogP contribution in [-0.4, -0.2) is 22.8 Å². The molecule has 1 aromatic rings. The van der Waals surface area contributed by atoms with E-state index < -0.39 is 28.2 Å². The van der Waals surface area contributed by atoms with Crippen LogP contribution in [0.5, 0.6) is 0 Å². The first-order valence-electron chi connectivity index (χ1n) is 6.01. The van der Waals surface area contributed by atoms with Gasteiger partial charge in [-0.3, -0.25) is 25.0 Å². The van der Waals surface area contributed by atoms with Crippen molar-refractivity contribution in [2.24, 2.45) is 5.41 Å². The third-order valence-electron chi connectivity index (χ3n) is 3.60. The van der Waals surface area contributed by atoms with Crippen LogP contribution in [0.25, 0.3) is 0 Å². The van der Waals surface area contributed by atoms with Crippen LogP contribution in [0.1, 0.15) is 12.8 Å². The van der Waals surface area contributed by atoms with E-state index >= 15 is 0 Å². The highest BCUT2D eigenvalue weighted by Crippen LogP contribution is 2.50. The molecule has 1 heterocycles. The van der Waals surface area contributed by atoms with Crippen molar-refractivity contribution >= 4 is 45.2 Å². The number of imide groups is 2. The molecule has 1 N–H and O–H groups in total. The zero-order chi connectivity index (χ0) is 15.4. The van der Waals surface area contributed by atoms with Gasteiger partial charge in [0.05, 0.1) is 10.6 Å². The number of non-ortho nitro benzene ring substituents is 1. The van der Waals surface area contributed by atoms with Gasteiger partial charge >= 0.3 is 6.03 Å². The Hall–Kier alpha value is -2.29. The molecule has 0 atom stereocenters. The first kappa shape index (κ1) is 13.7. The first-order chi connectivity index (χ1) is 9.86. The Labute approximate surface area is 126 Å². The number of carbonyl (C=O) groups is 3. The van der Waals surface area contributed by atoms with E-state index in [-0.39, 0.29) is 11.4 Å². The summed E-state index contributed by atoms with van der Waals surface area (Å²) in [7, 11) is 0. The Balaban J connectivity index is 2.09. The molecule has 108 valence electrons. The van der Waals surface area contributed by atoms with E-state index in [2.05, 4.69) is 21.2 Å². The minimum Gasteiger partial charge on any atom is -0.276 e. The second-order valence-corrected chi connectivity index (χ2v) is 5.73. The molecule has 2 aliphatic rings. The van der Waals surface area contributed by atoms with Crippen LogP contribution in [0.15, 0.2) is 22.7 Å². The van der Waals surface area contributed by atoms with Gasteiger partial charge in [-0.1, -0.05) is 0 Å². The van der Waals surface area contributed by atoms with Crippen molar-refractivity contribution in [1.82, 2.24) is 5.32 Å². The monoisotopic (exact) mass is 353 g/mol. The molecule has 4 amide bonds. The second kappa shape index (κ2) is 4.35. The summed E-state index contributed by atoms with van der Waals surface area (Å²) in [5, 5.41) is 13.0. The van der Waals surface area contributed by atoms with Gasteiger partial charge in [0, 0.05) is 16.6 Å². The summed E-state index contributed by atoms with van der Waals surface area (Å²) in [5.41, 5.74) is -1.40. The van der Waals surface area contributed by atoms with Crippen LogP contribution < -0.4 is 10.2 Å². The second-order valence-electron chi connectivity index (χ2n) is 4.87. The lowest BCUT2D eigenvalue weighted by Crippen LogP contribution is -2.59. The van der Waals surface area contributed by atoms with Crippen molar-refractivity contribution in [3.05, 3.63) is 32.8 Å². The summed E-state index contributed by atoms with van der Waals surface area (Å²) in [4.78, 5) is 47.1. The minimum absolute atomic E-state index is 0.0467. The fourth-order valence-electron chi connectivity index (χ4n) is 2.25. The third kappa shape index (κ3) is 1.92. The number of nitrogens with one attached hydrogen (secondary N) is 1. The molecule has 8 nitrogen and oxygen atoms in total. The predicted molar refractivity (Wildman–Crippen MR) is 73.5 cm³/mol. The highest BCUT2D eigenvalue weighted by atomic mass is 79.9. The molecule has 0 radical (unpaired) electrons. The lowest BCUT2D eigenvalue weighted by molar-refractivity contribution is -0.384. The van der Waals surface area contributed by atoms with Gasteiger partial charge in [-0.2, -0.15) is 0 Å². The SMILES string of the molecule is O=C1NC(=O)C2(CC2)C(=O)N1c1cc([N+](=O)[O-])ccc1Br. The molecule has 1 saturated carbocycles. The fraction of sp³-hybridized carbons (Fsp3) is 0.250. The van der Waals surface area contributed by atoms with Crippen LogP contribution in [0, 0.1) is 15.5 Å². The zero-order valence-corrected chi connectivity index (χ0v) is 12.0. The maximum absolute atomic E-state index is 12.4. The van der Waals surface area contributed by atoms with Crippen molar-refractivity contribution in [3.8, 4) is 0 Å². The van der Waals surface area contributed by atoms with Crippen LogP contribution >= 0.6 is 15.9 Å². The Morgan fingerprint density at radius 3 is 2.52 bits per heavy atom. The molecule has 1 spiro atoms. The van der Waals surface area contributed by atoms with E-state index in [4.69, 9.17) is 0 Å². The normalized spacial score (nSPS) is 19.7. The summed E-state index contributed by atoms with van der Waals surface area (Å²) in [6, 6.07) is 2.85. The van der Waals surface area contributed by atoms with Gasteiger partial charge < -0.3 is 0 Å². The van der Waals surface area contributed by atoms with Crippen LogP contribution in [0.4, 0.5) is 16.2 Å². The summed E-state index contributed by atoms with van der Waals surface area (Å²) >= 11 is 3.16. The zero-order valence-electron chi connectivity index (χ0n) is 10.5. The number of nitro groups is 1. The standard InChI is InChI=1S/C12H8BrN3O5/c13-7-2-1-6(16(20)21)5-8(7)15-10(18)12(3-4-12)9(17)14-11(15)19/h1-2,5H,3-4H2,(H,14,17,19). The van der Waals surface area contributed by atoms with Crippen molar-refractivity contribution in [3.63, 3.8) is 0 Å². The molecule has 0 aromatic heterocycles. The van der Waals surface area contributed by atoms with E-state index in [0.29, 0.717) is 17.3 Å². The Bertz CT molecular complexity index is 713. The number of hydrogen-bond donors (Lipinski definition) is 1. The van der Waals surface area contributed by atoms with Crippen molar-refractivity contribution in [2.75, 3.05) is 4.90 Å². The molecule has 0 bridgehead atoms. The number of nitrogens with zero attached hydrogens (tertiary/aromatic N) is 2. The van der Waals surface area contributed by atoms with Crippen molar-refractivity contribution in [2.45, 2.75) is 12.8 Å². The number of amides is 4. The molecule has 0 unspecified atom stereocenters. The van der Waals surface area contributed by atoms with Crippen LogP contribution in [-0.2, 0) is 9.59 Å². The largest absolute Gasteiger partial charge is 0.335 e. The lowest BCUT2D eigenvalue weighted by Gasteiger charge is -2.30. The van der Waals surface area contributed by atoms with Crippen molar-refractivity contribution < 1.29 is 19.3 Å². The molecule has 9 heteroatoms. The molecule has 1 aliphatic carbocycles. The van der Waals surface area contributed by atoms with Gasteiger partial charge in [0.15, 0.2) is 0 Å². The Morgan fingerprint density at radius 1 is 1.29 bits per heavy atom. The van der Waals surface area contributed by atoms with Gasteiger partial charge in [-0.05, 0) is 34.8 Å². The molecular weight excluding hydrogens is 346 g/mol. The lowest BCUT2D eigenvalue weighted by atomic mass is 10.0. The first-order valence-corrected chi connectivity index (χ1v) is 6.80. The number of halogens is 1. The molecule has 21 heavy (non-hydrogen) atoms. The topological polar surface area (TPSA) is 110 Å². The molecule has 1 saturated heterocycles. The number of urea groups is 1. The van der Waals surface area contributed by atoms with E-state index in [1.807, 2.05) is 0 Å². The van der Waals surface area contributed by atoms with Gasteiger partial charge in [-0.25, -0.2) is 9.69 Å². The van der Waals surface area contributed by atoms with Gasteiger partial charge in [0.1, 0.15) is 5.41 Å². The maximum atomic E-state index is 12.4. The van der Waals surface area contributed by atoms with Gasteiger partial charge in [0.25, 0.3) is 11.6 Å². The number of carbonyl (C=O) groups excluding carboxylic acids is 3. The summed E-state index contributed by atoms with van der Waals surface area (Å²) in [6.45, 7) is 0. The third-order valence-corrected chi connectivity index (χ3v) is 4.27. The molecular formula is C12H8BrN3O5. The van der Waals surface area contributed by atoms with E-state index in [9.17, 15) is 24.5 Å². The fourth-order valence-corrected chi connectivity index (χ4v) is 2.67. The van der Waals surface area contributed by atoms with Crippen LogP contribution in [0.2, 0.25) is 0 Å². The quantitative estimate of drug-likeness (QED) is 0.494. The van der Waals surface area contributed by atoms with E-state index in [0.717, 1.165) is 11.0 Å². The van der Waals surface area contributed by atoms with Gasteiger partial charge in [-0.15, -0.1) is 0 Å². The number of nitro benzene ring substituents is 1. The Kier molecular flexibility index (Phi) is 2.84. The highest BCUT2D eigenvalue weighted by Gasteiger charge is 2.62. The van der Waals surface area contributed by atoms with E-state index in [1.54, 1.807) is 0 Å². The number of barbiturate groups is 1. The molecule has 3 rings (SSSR count). The minimum atomic E-state index is -1.20. The molecule has 1 aromatic carbocycles.